The minimum Gasteiger partial charge on any atom is -0.355 e. The maximum absolute atomic E-state index is 11.9. The molecule has 0 fully saturated rings. The number of carbonyl (C=O) groups excluding carboxylic acids is 1. The van der Waals surface area contributed by atoms with Crippen molar-refractivity contribution in [3.63, 3.8) is 0 Å². The van der Waals surface area contributed by atoms with E-state index in [1.165, 1.54) is 5.56 Å². The van der Waals surface area contributed by atoms with Crippen LogP contribution in [0.1, 0.15) is 17.5 Å². The lowest BCUT2D eigenvalue weighted by molar-refractivity contribution is -0.122. The van der Waals surface area contributed by atoms with Gasteiger partial charge in [0.05, 0.1) is 6.54 Å². The molecule has 122 valence electrons. The minimum atomic E-state index is 0.0580. The summed E-state index contributed by atoms with van der Waals surface area (Å²) in [5, 5.41) is 3.70. The number of hydrogen-bond acceptors (Lipinski definition) is 2. The summed E-state index contributed by atoms with van der Waals surface area (Å²) < 4.78 is 0. The number of rotatable bonds is 8. The molecule has 0 aliphatic heterocycles. The number of nitrogens with zero attached hydrogens (tertiary/aromatic N) is 1. The van der Waals surface area contributed by atoms with Gasteiger partial charge in [-0.3, -0.25) is 9.69 Å². The second kappa shape index (κ2) is 9.33. The summed E-state index contributed by atoms with van der Waals surface area (Å²) in [6.45, 7) is 1.80. The Morgan fingerprint density at radius 3 is 2.57 bits per heavy atom. The molecule has 2 aromatic carbocycles. The Hall–Kier alpha value is -1.84. The molecule has 2 aromatic rings. The van der Waals surface area contributed by atoms with Gasteiger partial charge in [-0.25, -0.2) is 0 Å². The fourth-order valence-corrected chi connectivity index (χ4v) is 2.68. The summed E-state index contributed by atoms with van der Waals surface area (Å²) in [5.41, 5.74) is 2.41. The highest BCUT2D eigenvalue weighted by atomic mass is 35.5. The summed E-state index contributed by atoms with van der Waals surface area (Å²) in [4.78, 5) is 13.9. The molecule has 0 saturated carbocycles. The van der Waals surface area contributed by atoms with Crippen molar-refractivity contribution in [3.8, 4) is 0 Å². The van der Waals surface area contributed by atoms with Crippen molar-refractivity contribution in [3.05, 3.63) is 70.7 Å². The molecule has 0 atom stereocenters. The van der Waals surface area contributed by atoms with E-state index in [1.54, 1.807) is 0 Å². The van der Waals surface area contributed by atoms with Crippen molar-refractivity contribution < 1.29 is 4.79 Å². The molecule has 2 rings (SSSR count). The van der Waals surface area contributed by atoms with Gasteiger partial charge in [-0.15, -0.1) is 0 Å². The third kappa shape index (κ3) is 6.85. The van der Waals surface area contributed by atoms with Crippen LogP contribution in [0, 0.1) is 0 Å². The van der Waals surface area contributed by atoms with Crippen LogP contribution in [-0.4, -0.2) is 30.9 Å². The van der Waals surface area contributed by atoms with Crippen molar-refractivity contribution in [2.24, 2.45) is 0 Å². The second-order valence-corrected chi connectivity index (χ2v) is 6.18. The predicted octanol–water partition coefficient (Wildman–Crippen LogP) is 3.52. The van der Waals surface area contributed by atoms with E-state index in [9.17, 15) is 4.79 Å². The fraction of sp³-hybridized carbons (Fsp3) is 0.316. The number of benzene rings is 2. The van der Waals surface area contributed by atoms with Crippen LogP contribution in [-0.2, 0) is 17.8 Å². The molecule has 0 unspecified atom stereocenters. The first kappa shape index (κ1) is 17.5. The van der Waals surface area contributed by atoms with Crippen LogP contribution in [0.3, 0.4) is 0 Å². The van der Waals surface area contributed by atoms with E-state index < -0.39 is 0 Å². The Bertz CT molecular complexity index is 616. The van der Waals surface area contributed by atoms with Gasteiger partial charge in [0, 0.05) is 18.1 Å². The lowest BCUT2D eigenvalue weighted by Gasteiger charge is -2.16. The zero-order chi connectivity index (χ0) is 16.5. The standard InChI is InChI=1S/C19H23ClN2O/c1-22(14-17-9-5-11-18(20)13-17)15-19(23)21-12-6-10-16-7-3-2-4-8-16/h2-5,7-9,11,13H,6,10,12,14-15H2,1H3,(H,21,23). The van der Waals surface area contributed by atoms with Crippen molar-refractivity contribution in [2.45, 2.75) is 19.4 Å². The first-order chi connectivity index (χ1) is 11.1. The summed E-state index contributed by atoms with van der Waals surface area (Å²) >= 11 is 5.97. The van der Waals surface area contributed by atoms with E-state index in [2.05, 4.69) is 17.4 Å². The molecule has 23 heavy (non-hydrogen) atoms. The summed E-state index contributed by atoms with van der Waals surface area (Å²) in [6.07, 6.45) is 1.94. The third-order valence-electron chi connectivity index (χ3n) is 3.56. The smallest absolute Gasteiger partial charge is 0.234 e. The topological polar surface area (TPSA) is 32.3 Å². The van der Waals surface area contributed by atoms with Gasteiger partial charge in [0.15, 0.2) is 0 Å². The molecular formula is C19H23ClN2O. The van der Waals surface area contributed by atoms with E-state index in [1.807, 2.05) is 54.4 Å². The molecular weight excluding hydrogens is 308 g/mol. The number of halogens is 1. The van der Waals surface area contributed by atoms with Crippen LogP contribution in [0.15, 0.2) is 54.6 Å². The van der Waals surface area contributed by atoms with Gasteiger partial charge in [0.1, 0.15) is 0 Å². The van der Waals surface area contributed by atoms with E-state index in [0.29, 0.717) is 19.6 Å². The van der Waals surface area contributed by atoms with Crippen molar-refractivity contribution in [1.82, 2.24) is 10.2 Å². The first-order valence-corrected chi connectivity index (χ1v) is 8.25. The highest BCUT2D eigenvalue weighted by molar-refractivity contribution is 6.30. The number of likely N-dealkylation sites (N-methyl/N-ethyl adjacent to an activating group) is 1. The number of hydrogen-bond donors (Lipinski definition) is 1. The summed E-state index contributed by atoms with van der Waals surface area (Å²) in [6, 6.07) is 18.0. The van der Waals surface area contributed by atoms with Crippen molar-refractivity contribution >= 4 is 17.5 Å². The van der Waals surface area contributed by atoms with Crippen LogP contribution >= 0.6 is 11.6 Å². The highest BCUT2D eigenvalue weighted by Gasteiger charge is 2.07. The summed E-state index contributed by atoms with van der Waals surface area (Å²) in [5.74, 6) is 0.0580. The Balaban J connectivity index is 1.64. The maximum atomic E-state index is 11.9. The Kier molecular flexibility index (Phi) is 7.11. The van der Waals surface area contributed by atoms with Crippen LogP contribution in [0.4, 0.5) is 0 Å². The molecule has 0 aromatic heterocycles. The molecule has 0 aliphatic carbocycles. The van der Waals surface area contributed by atoms with E-state index in [0.717, 1.165) is 23.4 Å². The average molecular weight is 331 g/mol. The third-order valence-corrected chi connectivity index (χ3v) is 3.80. The van der Waals surface area contributed by atoms with Crippen LogP contribution < -0.4 is 5.32 Å². The Labute approximate surface area is 143 Å². The molecule has 0 heterocycles. The SMILES string of the molecule is CN(CC(=O)NCCCc1ccccc1)Cc1cccc(Cl)c1. The van der Waals surface area contributed by atoms with Gasteiger partial charge in [-0.05, 0) is 43.1 Å². The van der Waals surface area contributed by atoms with Crippen LogP contribution in [0.2, 0.25) is 5.02 Å². The lowest BCUT2D eigenvalue weighted by atomic mass is 10.1. The number of aryl methyl sites for hydroxylation is 1. The molecule has 0 spiro atoms. The average Bonchev–Trinajstić information content (AvgIpc) is 2.52. The molecule has 0 radical (unpaired) electrons. The predicted molar refractivity (Wildman–Crippen MR) is 95.6 cm³/mol. The molecule has 4 heteroatoms. The van der Waals surface area contributed by atoms with Gasteiger partial charge in [0.25, 0.3) is 0 Å². The number of amides is 1. The molecule has 0 saturated heterocycles. The molecule has 0 bridgehead atoms. The van der Waals surface area contributed by atoms with Gasteiger partial charge >= 0.3 is 0 Å². The zero-order valence-electron chi connectivity index (χ0n) is 13.5. The van der Waals surface area contributed by atoms with Crippen LogP contribution in [0.5, 0.6) is 0 Å². The maximum Gasteiger partial charge on any atom is 0.234 e. The monoisotopic (exact) mass is 330 g/mol. The summed E-state index contributed by atoms with van der Waals surface area (Å²) in [7, 11) is 1.93. The van der Waals surface area contributed by atoms with E-state index in [4.69, 9.17) is 11.6 Å². The van der Waals surface area contributed by atoms with Gasteiger partial charge in [0.2, 0.25) is 5.91 Å². The second-order valence-electron chi connectivity index (χ2n) is 5.74. The Morgan fingerprint density at radius 2 is 1.83 bits per heavy atom. The fourth-order valence-electron chi connectivity index (χ4n) is 2.47. The zero-order valence-corrected chi connectivity index (χ0v) is 14.2. The molecule has 1 amide bonds. The molecule has 0 aliphatic rings. The van der Waals surface area contributed by atoms with Gasteiger partial charge < -0.3 is 5.32 Å². The Morgan fingerprint density at radius 1 is 1.09 bits per heavy atom. The van der Waals surface area contributed by atoms with E-state index in [-0.39, 0.29) is 5.91 Å². The van der Waals surface area contributed by atoms with Crippen LogP contribution in [0.25, 0.3) is 0 Å². The minimum absolute atomic E-state index is 0.0580. The quantitative estimate of drug-likeness (QED) is 0.751. The number of carbonyl (C=O) groups is 1. The largest absolute Gasteiger partial charge is 0.355 e. The van der Waals surface area contributed by atoms with E-state index >= 15 is 0 Å². The lowest BCUT2D eigenvalue weighted by Crippen LogP contribution is -2.35. The highest BCUT2D eigenvalue weighted by Crippen LogP contribution is 2.11. The molecule has 1 N–H and O–H groups in total. The molecule has 3 nitrogen and oxygen atoms in total. The normalized spacial score (nSPS) is 10.7. The van der Waals surface area contributed by atoms with Crippen molar-refractivity contribution in [1.29, 1.82) is 0 Å². The number of nitrogens with one attached hydrogen (secondary N) is 1. The van der Waals surface area contributed by atoms with Gasteiger partial charge in [-0.1, -0.05) is 54.1 Å². The first-order valence-electron chi connectivity index (χ1n) is 7.87. The van der Waals surface area contributed by atoms with Crippen molar-refractivity contribution in [2.75, 3.05) is 20.1 Å². The van der Waals surface area contributed by atoms with Gasteiger partial charge in [-0.2, -0.15) is 0 Å².